The molecule has 10 heteroatoms. The van der Waals surface area contributed by atoms with Crippen LogP contribution in [0.3, 0.4) is 0 Å². The Labute approximate surface area is 229 Å². The van der Waals surface area contributed by atoms with Gasteiger partial charge in [0.1, 0.15) is 5.75 Å². The number of carbonyl (C=O) groups is 1. The van der Waals surface area contributed by atoms with E-state index in [2.05, 4.69) is 4.90 Å². The Morgan fingerprint density at radius 1 is 0.842 bits per heavy atom. The summed E-state index contributed by atoms with van der Waals surface area (Å²) in [6, 6.07) is 19.1. The van der Waals surface area contributed by atoms with Gasteiger partial charge in [-0.3, -0.25) is 9.69 Å². The van der Waals surface area contributed by atoms with Crippen LogP contribution in [0.5, 0.6) is 5.75 Å². The first-order valence-electron chi connectivity index (χ1n) is 12.1. The third-order valence-corrected chi connectivity index (χ3v) is 6.80. The van der Waals surface area contributed by atoms with E-state index >= 15 is 0 Å². The highest BCUT2D eigenvalue weighted by Crippen LogP contribution is 2.30. The van der Waals surface area contributed by atoms with E-state index in [1.165, 1.54) is 12.1 Å². The Morgan fingerprint density at radius 3 is 2.00 bits per heavy atom. The molecule has 1 aliphatic heterocycles. The van der Waals surface area contributed by atoms with Gasteiger partial charge in [-0.1, -0.05) is 47.5 Å². The normalized spacial score (nSPS) is 15.3. The van der Waals surface area contributed by atoms with Crippen LogP contribution in [-0.4, -0.2) is 55.0 Å². The predicted octanol–water partition coefficient (Wildman–Crippen LogP) is 6.49. The molecular formula is C28H27Cl2F3N2O3. The third-order valence-electron chi connectivity index (χ3n) is 6.30. The molecule has 3 aromatic rings. The molecule has 1 saturated heterocycles. The number of carbonyl (C=O) groups excluding carboxylic acids is 1. The quantitative estimate of drug-likeness (QED) is 0.297. The van der Waals surface area contributed by atoms with Crippen molar-refractivity contribution in [2.24, 2.45) is 0 Å². The van der Waals surface area contributed by atoms with E-state index in [4.69, 9.17) is 32.7 Å². The van der Waals surface area contributed by atoms with Crippen molar-refractivity contribution in [1.82, 2.24) is 9.80 Å². The third kappa shape index (κ3) is 8.11. The number of alkyl halides is 3. The van der Waals surface area contributed by atoms with E-state index in [1.54, 1.807) is 41.3 Å². The summed E-state index contributed by atoms with van der Waals surface area (Å²) in [4.78, 5) is 16.6. The van der Waals surface area contributed by atoms with Crippen LogP contribution >= 0.6 is 23.2 Å². The SMILES string of the molecule is O=C(COc1ccc(Cl)cc1)N1CCN(CC(OCc2ccc(C(F)(F)F)cc2)c2ccc(Cl)cc2)CC1. The van der Waals surface area contributed by atoms with Gasteiger partial charge < -0.3 is 14.4 Å². The summed E-state index contributed by atoms with van der Waals surface area (Å²) >= 11 is 11.9. The van der Waals surface area contributed by atoms with Crippen molar-refractivity contribution in [2.45, 2.75) is 18.9 Å². The average Bonchev–Trinajstić information content (AvgIpc) is 2.91. The lowest BCUT2D eigenvalue weighted by Gasteiger charge is -2.36. The summed E-state index contributed by atoms with van der Waals surface area (Å²) in [5.41, 5.74) is 0.866. The van der Waals surface area contributed by atoms with Gasteiger partial charge in [0.15, 0.2) is 6.61 Å². The molecule has 1 aliphatic rings. The Hall–Kier alpha value is -2.78. The van der Waals surface area contributed by atoms with Gasteiger partial charge in [-0.15, -0.1) is 0 Å². The number of halogens is 5. The van der Waals surface area contributed by atoms with Gasteiger partial charge in [-0.2, -0.15) is 13.2 Å². The molecule has 38 heavy (non-hydrogen) atoms. The van der Waals surface area contributed by atoms with E-state index in [0.717, 1.165) is 17.7 Å². The molecule has 0 bridgehead atoms. The number of ether oxygens (including phenoxy) is 2. The van der Waals surface area contributed by atoms with E-state index in [9.17, 15) is 18.0 Å². The summed E-state index contributed by atoms with van der Waals surface area (Å²) in [7, 11) is 0. The van der Waals surface area contributed by atoms with Crippen molar-refractivity contribution in [3.05, 3.63) is 99.5 Å². The molecule has 0 N–H and O–H groups in total. The summed E-state index contributed by atoms with van der Waals surface area (Å²) in [5, 5.41) is 1.20. The molecule has 0 aliphatic carbocycles. The van der Waals surface area contributed by atoms with Crippen LogP contribution < -0.4 is 4.74 Å². The first-order valence-corrected chi connectivity index (χ1v) is 12.8. The Bertz CT molecular complexity index is 1180. The number of hydrogen-bond acceptors (Lipinski definition) is 4. The van der Waals surface area contributed by atoms with Crippen molar-refractivity contribution < 1.29 is 27.4 Å². The first-order chi connectivity index (χ1) is 18.2. The van der Waals surface area contributed by atoms with Crippen LogP contribution in [0.15, 0.2) is 72.8 Å². The molecule has 4 rings (SSSR count). The number of nitrogens with zero attached hydrogens (tertiary/aromatic N) is 2. The largest absolute Gasteiger partial charge is 0.484 e. The highest BCUT2D eigenvalue weighted by Gasteiger charge is 2.30. The van der Waals surface area contributed by atoms with E-state index in [0.29, 0.717) is 54.1 Å². The van der Waals surface area contributed by atoms with Crippen molar-refractivity contribution in [3.8, 4) is 5.75 Å². The minimum atomic E-state index is -4.38. The lowest BCUT2D eigenvalue weighted by atomic mass is 10.1. The lowest BCUT2D eigenvalue weighted by molar-refractivity contribution is -0.137. The van der Waals surface area contributed by atoms with Crippen LogP contribution in [-0.2, 0) is 22.3 Å². The number of benzene rings is 3. The number of hydrogen-bond donors (Lipinski definition) is 0. The minimum absolute atomic E-state index is 0.0503. The van der Waals surface area contributed by atoms with Crippen LogP contribution in [0.1, 0.15) is 22.8 Å². The zero-order valence-electron chi connectivity index (χ0n) is 20.5. The maximum absolute atomic E-state index is 12.9. The number of piperazine rings is 1. The molecule has 5 nitrogen and oxygen atoms in total. The fraction of sp³-hybridized carbons (Fsp3) is 0.321. The topological polar surface area (TPSA) is 42.0 Å². The molecule has 0 radical (unpaired) electrons. The maximum atomic E-state index is 12.9. The number of amides is 1. The van der Waals surface area contributed by atoms with E-state index in [1.807, 2.05) is 12.1 Å². The molecular weight excluding hydrogens is 540 g/mol. The van der Waals surface area contributed by atoms with Crippen LogP contribution in [0.2, 0.25) is 10.0 Å². The second-order valence-corrected chi connectivity index (χ2v) is 9.84. The van der Waals surface area contributed by atoms with Gasteiger partial charge in [0.05, 0.1) is 18.3 Å². The zero-order chi connectivity index (χ0) is 27.1. The summed E-state index contributed by atoms with van der Waals surface area (Å²) < 4.78 is 50.4. The average molecular weight is 567 g/mol. The first kappa shape index (κ1) is 28.2. The van der Waals surface area contributed by atoms with Gasteiger partial charge >= 0.3 is 6.18 Å². The standard InChI is InChI=1S/C28H27Cl2F3N2O3/c29-23-7-3-21(4-8-23)26(38-18-20-1-5-22(6-2-20)28(31,32)33)17-34-13-15-35(16-14-34)27(36)19-37-25-11-9-24(30)10-12-25/h1-12,26H,13-19H2. The van der Waals surface area contributed by atoms with Crippen LogP contribution in [0.4, 0.5) is 13.2 Å². The van der Waals surface area contributed by atoms with Gasteiger partial charge in [0, 0.05) is 42.8 Å². The summed E-state index contributed by atoms with van der Waals surface area (Å²) in [6.07, 6.45) is -4.71. The Morgan fingerprint density at radius 2 is 1.42 bits per heavy atom. The molecule has 1 atom stereocenters. The monoisotopic (exact) mass is 566 g/mol. The van der Waals surface area contributed by atoms with Crippen molar-refractivity contribution in [2.75, 3.05) is 39.3 Å². The molecule has 0 spiro atoms. The van der Waals surface area contributed by atoms with Gasteiger partial charge in [-0.05, 0) is 59.7 Å². The molecule has 1 heterocycles. The molecule has 0 aromatic heterocycles. The second-order valence-electron chi connectivity index (χ2n) is 8.97. The highest BCUT2D eigenvalue weighted by atomic mass is 35.5. The van der Waals surface area contributed by atoms with E-state index in [-0.39, 0.29) is 25.2 Å². The number of rotatable bonds is 9. The Kier molecular flexibility index (Phi) is 9.54. The molecule has 1 unspecified atom stereocenters. The summed E-state index contributed by atoms with van der Waals surface area (Å²) in [5.74, 6) is 0.491. The predicted molar refractivity (Wildman–Crippen MR) is 140 cm³/mol. The smallest absolute Gasteiger partial charge is 0.416 e. The zero-order valence-corrected chi connectivity index (χ0v) is 22.0. The molecule has 3 aromatic carbocycles. The van der Waals surface area contributed by atoms with Gasteiger partial charge in [0.2, 0.25) is 0 Å². The highest BCUT2D eigenvalue weighted by molar-refractivity contribution is 6.30. The molecule has 1 fully saturated rings. The van der Waals surface area contributed by atoms with Crippen LogP contribution in [0, 0.1) is 0 Å². The minimum Gasteiger partial charge on any atom is -0.484 e. The lowest BCUT2D eigenvalue weighted by Crippen LogP contribution is -2.50. The van der Waals surface area contributed by atoms with Crippen molar-refractivity contribution in [3.63, 3.8) is 0 Å². The van der Waals surface area contributed by atoms with Gasteiger partial charge in [-0.25, -0.2) is 0 Å². The van der Waals surface area contributed by atoms with Gasteiger partial charge in [0.25, 0.3) is 5.91 Å². The molecule has 202 valence electrons. The van der Waals surface area contributed by atoms with E-state index < -0.39 is 11.7 Å². The fourth-order valence-corrected chi connectivity index (χ4v) is 4.35. The second kappa shape index (κ2) is 12.8. The fourth-order valence-electron chi connectivity index (χ4n) is 4.10. The van der Waals surface area contributed by atoms with Crippen LogP contribution in [0.25, 0.3) is 0 Å². The molecule has 0 saturated carbocycles. The van der Waals surface area contributed by atoms with Crippen molar-refractivity contribution in [1.29, 1.82) is 0 Å². The summed E-state index contributed by atoms with van der Waals surface area (Å²) in [6.45, 7) is 3.08. The Balaban J connectivity index is 1.31. The maximum Gasteiger partial charge on any atom is 0.416 e. The van der Waals surface area contributed by atoms with Crippen molar-refractivity contribution >= 4 is 29.1 Å². The molecule has 1 amide bonds.